The van der Waals surface area contributed by atoms with Gasteiger partial charge in [0.15, 0.2) is 11.6 Å². The SMILES string of the molecule is CC.CC.CO.Cc1ccc(Nc2c(C(=O)NOCCCO)ccc(F)c2F)c(F)c1. The summed E-state index contributed by atoms with van der Waals surface area (Å²) in [6.07, 6.45) is 0.289. The number of hydrogen-bond acceptors (Lipinski definition) is 5. The van der Waals surface area contributed by atoms with E-state index in [1.54, 1.807) is 13.0 Å². The highest BCUT2D eigenvalue weighted by atomic mass is 19.2. The van der Waals surface area contributed by atoms with Crippen LogP contribution in [-0.2, 0) is 4.84 Å². The molecule has 176 valence electrons. The van der Waals surface area contributed by atoms with Gasteiger partial charge in [0.1, 0.15) is 5.82 Å². The van der Waals surface area contributed by atoms with Gasteiger partial charge in [0, 0.05) is 13.7 Å². The van der Waals surface area contributed by atoms with Gasteiger partial charge >= 0.3 is 0 Å². The molecule has 0 radical (unpaired) electrons. The third-order valence-corrected chi connectivity index (χ3v) is 3.29. The summed E-state index contributed by atoms with van der Waals surface area (Å²) in [6.45, 7) is 9.60. The van der Waals surface area contributed by atoms with Gasteiger partial charge in [-0.15, -0.1) is 0 Å². The number of benzene rings is 2. The van der Waals surface area contributed by atoms with Gasteiger partial charge in [0.05, 0.1) is 23.5 Å². The number of hydrogen-bond donors (Lipinski definition) is 4. The van der Waals surface area contributed by atoms with Crippen LogP contribution in [0.3, 0.4) is 0 Å². The fraction of sp³-hybridized carbons (Fsp3) is 0.409. The number of amides is 1. The number of aryl methyl sites for hydroxylation is 1. The molecular formula is C22H33F3N2O4. The summed E-state index contributed by atoms with van der Waals surface area (Å²) in [5, 5.41) is 18.1. The summed E-state index contributed by atoms with van der Waals surface area (Å²) in [5.74, 6) is -4.02. The maximum Gasteiger partial charge on any atom is 0.277 e. The molecule has 6 nitrogen and oxygen atoms in total. The van der Waals surface area contributed by atoms with Crippen molar-refractivity contribution in [1.29, 1.82) is 0 Å². The van der Waals surface area contributed by atoms with Crippen LogP contribution in [-0.4, -0.2) is 36.4 Å². The van der Waals surface area contributed by atoms with Gasteiger partial charge in [0.25, 0.3) is 5.91 Å². The third kappa shape index (κ3) is 10.3. The number of nitrogens with one attached hydrogen (secondary N) is 2. The molecule has 0 aromatic heterocycles. The lowest BCUT2D eigenvalue weighted by molar-refractivity contribution is 0.0262. The summed E-state index contributed by atoms with van der Waals surface area (Å²) in [7, 11) is 1.00. The number of carbonyl (C=O) groups excluding carboxylic acids is 1. The predicted molar refractivity (Wildman–Crippen MR) is 117 cm³/mol. The molecule has 0 saturated heterocycles. The minimum atomic E-state index is -1.32. The van der Waals surface area contributed by atoms with Crippen molar-refractivity contribution in [2.75, 3.05) is 25.6 Å². The van der Waals surface area contributed by atoms with Crippen molar-refractivity contribution in [3.63, 3.8) is 0 Å². The lowest BCUT2D eigenvalue weighted by Crippen LogP contribution is -2.25. The van der Waals surface area contributed by atoms with Gasteiger partial charge in [-0.2, -0.15) is 0 Å². The molecule has 31 heavy (non-hydrogen) atoms. The second kappa shape index (κ2) is 18.2. The maximum atomic E-state index is 14.1. The molecule has 0 aliphatic heterocycles. The highest BCUT2D eigenvalue weighted by Crippen LogP contribution is 2.28. The topological polar surface area (TPSA) is 90.8 Å². The van der Waals surface area contributed by atoms with E-state index in [0.29, 0.717) is 5.56 Å². The Bertz CT molecular complexity index is 775. The average Bonchev–Trinajstić information content (AvgIpc) is 2.80. The highest BCUT2D eigenvalue weighted by Gasteiger charge is 2.20. The third-order valence-electron chi connectivity index (χ3n) is 3.29. The largest absolute Gasteiger partial charge is 0.400 e. The maximum absolute atomic E-state index is 14.1. The van der Waals surface area contributed by atoms with Crippen molar-refractivity contribution in [2.45, 2.75) is 41.0 Å². The lowest BCUT2D eigenvalue weighted by atomic mass is 10.1. The van der Waals surface area contributed by atoms with Crippen molar-refractivity contribution in [2.24, 2.45) is 0 Å². The van der Waals surface area contributed by atoms with Gasteiger partial charge in [-0.3, -0.25) is 9.63 Å². The summed E-state index contributed by atoms with van der Waals surface area (Å²) in [6, 6.07) is 6.00. The highest BCUT2D eigenvalue weighted by molar-refractivity contribution is 5.99. The zero-order valence-corrected chi connectivity index (χ0v) is 18.9. The van der Waals surface area contributed by atoms with E-state index < -0.39 is 29.0 Å². The molecule has 0 unspecified atom stereocenters. The number of aliphatic hydroxyl groups is 2. The first-order valence-corrected chi connectivity index (χ1v) is 9.93. The van der Waals surface area contributed by atoms with Crippen LogP contribution in [0.5, 0.6) is 0 Å². The Kier molecular flexibility index (Phi) is 17.9. The minimum Gasteiger partial charge on any atom is -0.400 e. The van der Waals surface area contributed by atoms with E-state index in [-0.39, 0.29) is 30.9 Å². The Hall–Kier alpha value is -2.62. The molecule has 0 heterocycles. The van der Waals surface area contributed by atoms with Crippen LogP contribution >= 0.6 is 0 Å². The van der Waals surface area contributed by atoms with E-state index in [0.717, 1.165) is 19.2 Å². The molecule has 2 aromatic rings. The Balaban J connectivity index is 0. The Morgan fingerprint density at radius 2 is 1.61 bits per heavy atom. The fourth-order valence-electron chi connectivity index (χ4n) is 2.03. The van der Waals surface area contributed by atoms with Crippen molar-refractivity contribution in [3.8, 4) is 0 Å². The molecule has 0 atom stereocenters. The van der Waals surface area contributed by atoms with Gasteiger partial charge in [-0.05, 0) is 43.2 Å². The normalized spacial score (nSPS) is 9.13. The van der Waals surface area contributed by atoms with Crippen LogP contribution in [0.1, 0.15) is 50.0 Å². The molecule has 4 N–H and O–H groups in total. The van der Waals surface area contributed by atoms with Crippen molar-refractivity contribution in [3.05, 3.63) is 58.9 Å². The Labute approximate surface area is 182 Å². The minimum absolute atomic E-state index is 0.0429. The second-order valence-corrected chi connectivity index (χ2v) is 5.25. The van der Waals surface area contributed by atoms with E-state index in [2.05, 4.69) is 10.8 Å². The summed E-state index contributed by atoms with van der Waals surface area (Å²) in [4.78, 5) is 16.9. The van der Waals surface area contributed by atoms with Crippen LogP contribution < -0.4 is 10.8 Å². The van der Waals surface area contributed by atoms with E-state index in [1.807, 2.05) is 27.7 Å². The van der Waals surface area contributed by atoms with Crippen LogP contribution in [0.4, 0.5) is 24.5 Å². The van der Waals surface area contributed by atoms with Gasteiger partial charge in [0.2, 0.25) is 0 Å². The van der Waals surface area contributed by atoms with Crippen LogP contribution in [0, 0.1) is 24.4 Å². The van der Waals surface area contributed by atoms with Crippen molar-refractivity contribution in [1.82, 2.24) is 5.48 Å². The molecule has 2 aromatic carbocycles. The first-order valence-electron chi connectivity index (χ1n) is 9.93. The number of halogens is 3. The first-order chi connectivity index (χ1) is 14.9. The zero-order chi connectivity index (χ0) is 24.4. The van der Waals surface area contributed by atoms with Gasteiger partial charge in [-0.1, -0.05) is 33.8 Å². The van der Waals surface area contributed by atoms with Gasteiger partial charge < -0.3 is 15.5 Å². The van der Waals surface area contributed by atoms with E-state index in [9.17, 15) is 18.0 Å². The molecule has 0 spiro atoms. The number of anilines is 2. The smallest absolute Gasteiger partial charge is 0.277 e. The summed E-state index contributed by atoms with van der Waals surface area (Å²) < 4.78 is 41.7. The molecule has 0 aliphatic rings. The monoisotopic (exact) mass is 446 g/mol. The van der Waals surface area contributed by atoms with Crippen molar-refractivity contribution < 1.29 is 33.0 Å². The van der Waals surface area contributed by atoms with Gasteiger partial charge in [-0.25, -0.2) is 18.7 Å². The van der Waals surface area contributed by atoms with E-state index in [4.69, 9.17) is 15.1 Å². The Morgan fingerprint density at radius 1 is 1.00 bits per heavy atom. The molecule has 0 bridgehead atoms. The molecule has 1 amide bonds. The molecule has 9 heteroatoms. The molecule has 0 fully saturated rings. The summed E-state index contributed by atoms with van der Waals surface area (Å²) in [5.41, 5.74) is 1.83. The molecule has 0 saturated carbocycles. The first kappa shape index (κ1) is 30.6. The van der Waals surface area contributed by atoms with Crippen LogP contribution in [0.25, 0.3) is 0 Å². The van der Waals surface area contributed by atoms with Crippen LogP contribution in [0.15, 0.2) is 30.3 Å². The number of hydroxylamine groups is 1. The molecule has 0 aliphatic carbocycles. The zero-order valence-electron chi connectivity index (χ0n) is 18.9. The van der Waals surface area contributed by atoms with Crippen molar-refractivity contribution >= 4 is 17.3 Å². The number of aliphatic hydroxyl groups excluding tert-OH is 2. The number of carbonyl (C=O) groups is 1. The average molecular weight is 447 g/mol. The molecule has 2 rings (SSSR count). The standard InChI is InChI=1S/C17H17F3N2O3.2C2H6.CH4O/c1-10-3-6-14(13(19)9-10)21-16-11(4-5-12(18)15(16)20)17(24)22-25-8-2-7-23;3*1-2/h3-6,9,21,23H,2,7-8H2,1H3,(H,22,24);2*1-2H3;2H,1H3. The molecular weight excluding hydrogens is 413 g/mol. The van der Waals surface area contributed by atoms with Crippen LogP contribution in [0.2, 0.25) is 0 Å². The fourth-order valence-corrected chi connectivity index (χ4v) is 2.03. The number of rotatable bonds is 7. The Morgan fingerprint density at radius 3 is 2.16 bits per heavy atom. The van der Waals surface area contributed by atoms with E-state index in [1.165, 1.54) is 12.1 Å². The quantitative estimate of drug-likeness (QED) is 0.360. The van der Waals surface area contributed by atoms with E-state index >= 15 is 0 Å². The second-order valence-electron chi connectivity index (χ2n) is 5.25. The summed E-state index contributed by atoms with van der Waals surface area (Å²) >= 11 is 0. The lowest BCUT2D eigenvalue weighted by Gasteiger charge is -2.14. The predicted octanol–water partition coefficient (Wildman–Crippen LogP) is 4.86.